The van der Waals surface area contributed by atoms with Gasteiger partial charge in [0.05, 0.1) is 13.2 Å². The number of amides is 1. The fourth-order valence-electron chi connectivity index (χ4n) is 1.11. The summed E-state index contributed by atoms with van der Waals surface area (Å²) >= 11 is 0. The van der Waals surface area contributed by atoms with Gasteiger partial charge in [0.1, 0.15) is 0 Å². The van der Waals surface area contributed by atoms with Crippen molar-refractivity contribution >= 4 is 5.91 Å². The van der Waals surface area contributed by atoms with E-state index in [0.29, 0.717) is 26.2 Å². The van der Waals surface area contributed by atoms with Crippen LogP contribution in [0.4, 0.5) is 0 Å². The van der Waals surface area contributed by atoms with Gasteiger partial charge in [0, 0.05) is 19.4 Å². The van der Waals surface area contributed by atoms with Gasteiger partial charge in [-0.05, 0) is 19.8 Å². The minimum Gasteiger partial charge on any atom is -0.375 e. The molecule has 0 saturated heterocycles. The molecular weight excluding hydrogens is 202 g/mol. The smallest absolute Gasteiger partial charge is 0.220 e. The summed E-state index contributed by atoms with van der Waals surface area (Å²) in [6.45, 7) is 7.27. The van der Waals surface area contributed by atoms with Crippen LogP contribution in [0.1, 0.15) is 32.6 Å². The van der Waals surface area contributed by atoms with E-state index in [4.69, 9.17) is 11.2 Å². The number of hydrogen-bond acceptors (Lipinski definition) is 2. The summed E-state index contributed by atoms with van der Waals surface area (Å²) in [4.78, 5) is 11.3. The van der Waals surface area contributed by atoms with Crippen LogP contribution in [0.15, 0.2) is 12.2 Å². The van der Waals surface area contributed by atoms with Crippen LogP contribution in [0.2, 0.25) is 0 Å². The SMILES string of the molecule is C#CCCCCC(=O)NCCOCC(=C)C. The Balaban J connectivity index is 3.24. The lowest BCUT2D eigenvalue weighted by atomic mass is 10.2. The molecule has 0 aliphatic rings. The van der Waals surface area contributed by atoms with Crippen molar-refractivity contribution in [3.63, 3.8) is 0 Å². The minimum atomic E-state index is 0.0657. The predicted molar refractivity (Wildman–Crippen MR) is 65.9 cm³/mol. The van der Waals surface area contributed by atoms with Crippen LogP contribution in [0, 0.1) is 12.3 Å². The first-order valence-corrected chi connectivity index (χ1v) is 5.59. The molecule has 0 bridgehead atoms. The van der Waals surface area contributed by atoms with E-state index in [1.807, 2.05) is 6.92 Å². The number of carbonyl (C=O) groups is 1. The van der Waals surface area contributed by atoms with Crippen LogP contribution in [0.3, 0.4) is 0 Å². The Hall–Kier alpha value is -1.27. The third-order valence-electron chi connectivity index (χ3n) is 1.89. The van der Waals surface area contributed by atoms with Crippen LogP contribution in [0.5, 0.6) is 0 Å². The molecule has 0 radical (unpaired) electrons. The first kappa shape index (κ1) is 14.7. The Morgan fingerprint density at radius 3 is 2.88 bits per heavy atom. The zero-order chi connectivity index (χ0) is 12.2. The number of ether oxygens (including phenoxy) is 1. The second-order valence-corrected chi connectivity index (χ2v) is 3.77. The van der Waals surface area contributed by atoms with Crippen molar-refractivity contribution in [1.29, 1.82) is 0 Å². The molecule has 3 nitrogen and oxygen atoms in total. The number of hydrogen-bond donors (Lipinski definition) is 1. The van der Waals surface area contributed by atoms with E-state index in [-0.39, 0.29) is 5.91 Å². The lowest BCUT2D eigenvalue weighted by Crippen LogP contribution is -2.27. The monoisotopic (exact) mass is 223 g/mol. The third-order valence-corrected chi connectivity index (χ3v) is 1.89. The van der Waals surface area contributed by atoms with E-state index >= 15 is 0 Å². The molecule has 1 amide bonds. The summed E-state index contributed by atoms with van der Waals surface area (Å²) in [5, 5.41) is 2.79. The maximum absolute atomic E-state index is 11.3. The maximum Gasteiger partial charge on any atom is 0.220 e. The molecule has 0 atom stereocenters. The Kier molecular flexibility index (Phi) is 9.44. The van der Waals surface area contributed by atoms with Gasteiger partial charge in [0.25, 0.3) is 0 Å². The van der Waals surface area contributed by atoms with Crippen LogP contribution in [0.25, 0.3) is 0 Å². The Labute approximate surface area is 98.3 Å². The van der Waals surface area contributed by atoms with Crippen LogP contribution in [-0.4, -0.2) is 25.7 Å². The molecule has 3 heteroatoms. The second kappa shape index (κ2) is 10.3. The molecule has 1 N–H and O–H groups in total. The van der Waals surface area contributed by atoms with Crippen molar-refractivity contribution in [3.05, 3.63) is 12.2 Å². The van der Waals surface area contributed by atoms with Crippen molar-refractivity contribution in [1.82, 2.24) is 5.32 Å². The summed E-state index contributed by atoms with van der Waals surface area (Å²) in [6.07, 6.45) is 8.16. The van der Waals surface area contributed by atoms with Crippen molar-refractivity contribution in [3.8, 4) is 12.3 Å². The van der Waals surface area contributed by atoms with E-state index in [0.717, 1.165) is 24.8 Å². The van der Waals surface area contributed by atoms with Gasteiger partial charge < -0.3 is 10.1 Å². The minimum absolute atomic E-state index is 0.0657. The van der Waals surface area contributed by atoms with Gasteiger partial charge in [-0.2, -0.15) is 0 Å². The zero-order valence-electron chi connectivity index (χ0n) is 10.1. The van der Waals surface area contributed by atoms with Crippen molar-refractivity contribution in [2.24, 2.45) is 0 Å². The molecule has 16 heavy (non-hydrogen) atoms. The van der Waals surface area contributed by atoms with Gasteiger partial charge >= 0.3 is 0 Å². The number of rotatable bonds is 9. The van der Waals surface area contributed by atoms with Gasteiger partial charge in [0.2, 0.25) is 5.91 Å². The molecular formula is C13H21NO2. The van der Waals surface area contributed by atoms with Gasteiger partial charge in [-0.3, -0.25) is 4.79 Å². The largest absolute Gasteiger partial charge is 0.375 e. The number of nitrogens with one attached hydrogen (secondary N) is 1. The summed E-state index contributed by atoms with van der Waals surface area (Å²) < 4.78 is 5.25. The molecule has 0 rings (SSSR count). The molecule has 0 spiro atoms. The number of carbonyl (C=O) groups excluding carboxylic acids is 1. The quantitative estimate of drug-likeness (QED) is 0.368. The molecule has 0 unspecified atom stereocenters. The predicted octanol–water partition coefficient (Wildman–Crippen LogP) is 1.89. The fourth-order valence-corrected chi connectivity index (χ4v) is 1.11. The van der Waals surface area contributed by atoms with Crippen molar-refractivity contribution in [2.45, 2.75) is 32.6 Å². The van der Waals surface area contributed by atoms with E-state index in [2.05, 4.69) is 17.8 Å². The summed E-state index contributed by atoms with van der Waals surface area (Å²) in [7, 11) is 0. The highest BCUT2D eigenvalue weighted by atomic mass is 16.5. The molecule has 0 fully saturated rings. The van der Waals surface area contributed by atoms with Gasteiger partial charge in [0.15, 0.2) is 0 Å². The molecule has 0 aromatic rings. The fraction of sp³-hybridized carbons (Fsp3) is 0.615. The topological polar surface area (TPSA) is 38.3 Å². The standard InChI is InChI=1S/C13H21NO2/c1-4-5-6-7-8-13(15)14-9-10-16-11-12(2)3/h1H,2,5-11H2,3H3,(H,14,15). The van der Waals surface area contributed by atoms with E-state index in [1.165, 1.54) is 0 Å². The average molecular weight is 223 g/mol. The Morgan fingerprint density at radius 1 is 1.50 bits per heavy atom. The molecule has 0 aromatic heterocycles. The molecule has 90 valence electrons. The van der Waals surface area contributed by atoms with Gasteiger partial charge in [-0.1, -0.05) is 12.2 Å². The highest BCUT2D eigenvalue weighted by Gasteiger charge is 1.99. The molecule has 0 heterocycles. The lowest BCUT2D eigenvalue weighted by molar-refractivity contribution is -0.121. The zero-order valence-corrected chi connectivity index (χ0v) is 10.1. The lowest BCUT2D eigenvalue weighted by Gasteiger charge is -2.05. The Bertz CT molecular complexity index is 253. The summed E-state index contributed by atoms with van der Waals surface area (Å²) in [5.74, 6) is 2.62. The van der Waals surface area contributed by atoms with Gasteiger partial charge in [-0.15, -0.1) is 12.3 Å². The van der Waals surface area contributed by atoms with Crippen molar-refractivity contribution in [2.75, 3.05) is 19.8 Å². The van der Waals surface area contributed by atoms with Crippen LogP contribution >= 0.6 is 0 Å². The summed E-state index contributed by atoms with van der Waals surface area (Å²) in [6, 6.07) is 0. The summed E-state index contributed by atoms with van der Waals surface area (Å²) in [5.41, 5.74) is 0.987. The van der Waals surface area contributed by atoms with Crippen molar-refractivity contribution < 1.29 is 9.53 Å². The maximum atomic E-state index is 11.3. The molecule has 0 aromatic carbocycles. The highest BCUT2D eigenvalue weighted by Crippen LogP contribution is 1.98. The normalized spacial score (nSPS) is 9.50. The third kappa shape index (κ3) is 10.8. The van der Waals surface area contributed by atoms with Gasteiger partial charge in [-0.25, -0.2) is 0 Å². The first-order chi connectivity index (χ1) is 7.66. The average Bonchev–Trinajstić information content (AvgIpc) is 2.23. The number of unbranched alkanes of at least 4 members (excludes halogenated alkanes) is 2. The molecule has 0 aliphatic heterocycles. The second-order valence-electron chi connectivity index (χ2n) is 3.77. The van der Waals surface area contributed by atoms with E-state index < -0.39 is 0 Å². The van der Waals surface area contributed by atoms with E-state index in [9.17, 15) is 4.79 Å². The molecule has 0 aliphatic carbocycles. The van der Waals surface area contributed by atoms with Crippen LogP contribution in [-0.2, 0) is 9.53 Å². The molecule has 0 saturated carbocycles. The van der Waals surface area contributed by atoms with E-state index in [1.54, 1.807) is 0 Å². The Morgan fingerprint density at radius 2 is 2.25 bits per heavy atom. The highest BCUT2D eigenvalue weighted by molar-refractivity contribution is 5.75. The number of terminal acetylenes is 1. The first-order valence-electron chi connectivity index (χ1n) is 5.59. The van der Waals surface area contributed by atoms with Crippen LogP contribution < -0.4 is 5.32 Å².